The average Bonchev–Trinajstić information content (AvgIpc) is 2.42. The number of hydrogen-bond acceptors (Lipinski definition) is 1. The number of unbranched alkanes of at least 4 members (excludes halogenated alkanes) is 9. The lowest BCUT2D eigenvalue weighted by molar-refractivity contribution is -0.118. The fourth-order valence-electron chi connectivity index (χ4n) is 2.15. The fourth-order valence-corrected chi connectivity index (χ4v) is 2.15. The van der Waals surface area contributed by atoms with Gasteiger partial charge in [-0.15, -0.1) is 0 Å². The molecule has 19 heavy (non-hydrogen) atoms. The van der Waals surface area contributed by atoms with Gasteiger partial charge in [-0.1, -0.05) is 77.4 Å². The topological polar surface area (TPSA) is 17.1 Å². The zero-order valence-electron chi connectivity index (χ0n) is 13.0. The van der Waals surface area contributed by atoms with E-state index in [2.05, 4.69) is 26.0 Å². The van der Waals surface area contributed by atoms with E-state index in [0.29, 0.717) is 12.2 Å². The monoisotopic (exact) mass is 265 g/mol. The van der Waals surface area contributed by atoms with Gasteiger partial charge in [0.15, 0.2) is 0 Å². The second-order valence-corrected chi connectivity index (χ2v) is 5.43. The zero-order valence-corrected chi connectivity index (χ0v) is 13.0. The summed E-state index contributed by atoms with van der Waals surface area (Å²) in [6, 6.07) is 0. The van der Waals surface area contributed by atoms with Gasteiger partial charge in [0, 0.05) is 12.8 Å². The highest BCUT2D eigenvalue weighted by molar-refractivity contribution is 5.79. The van der Waals surface area contributed by atoms with Crippen LogP contribution >= 0.6 is 0 Å². The molecular weight excluding hydrogens is 232 g/mol. The van der Waals surface area contributed by atoms with E-state index < -0.39 is 0 Å². The van der Waals surface area contributed by atoms with Crippen molar-refractivity contribution in [2.45, 2.75) is 90.4 Å². The van der Waals surface area contributed by atoms with Crippen molar-refractivity contribution in [3.63, 3.8) is 0 Å². The lowest BCUT2D eigenvalue weighted by atomic mass is 10.1. The first-order valence-corrected chi connectivity index (χ1v) is 8.27. The van der Waals surface area contributed by atoms with E-state index in [1.54, 1.807) is 0 Å². The highest BCUT2D eigenvalue weighted by atomic mass is 16.1. The molecule has 0 unspecified atom stereocenters. The largest absolute Gasteiger partial charge is 0.299 e. The first-order chi connectivity index (χ1) is 9.31. The quantitative estimate of drug-likeness (QED) is 0.276. The summed E-state index contributed by atoms with van der Waals surface area (Å²) in [6.07, 6.45) is 19.2. The summed E-state index contributed by atoms with van der Waals surface area (Å²) in [5.41, 5.74) is 0. The third-order valence-electron chi connectivity index (χ3n) is 3.44. The lowest BCUT2D eigenvalue weighted by Gasteiger charge is -1.98. The average molecular weight is 265 g/mol. The second kappa shape index (κ2) is 15.5. The van der Waals surface area contributed by atoms with Gasteiger partial charge in [0.25, 0.3) is 0 Å². The molecular formula is C18H33O. The van der Waals surface area contributed by atoms with Crippen LogP contribution in [0.5, 0.6) is 0 Å². The normalized spacial score (nSPS) is 11.3. The van der Waals surface area contributed by atoms with E-state index in [0.717, 1.165) is 25.7 Å². The standard InChI is InChI=1S/C18H33O/c1-3-5-7-9-10-11-12-13-15-17-18(19)16-14-8-6-4-2/h13,15H,1,3-12,14,16-17H2,2H3/b15-13-. The molecule has 0 aliphatic rings. The number of Topliss-reactive ketones (excluding diaryl/α,β-unsaturated/α-hetero) is 1. The first-order valence-electron chi connectivity index (χ1n) is 8.27. The smallest absolute Gasteiger partial charge is 0.136 e. The molecule has 0 amide bonds. The van der Waals surface area contributed by atoms with Crippen molar-refractivity contribution in [2.75, 3.05) is 0 Å². The summed E-state index contributed by atoms with van der Waals surface area (Å²) in [5.74, 6) is 0.405. The van der Waals surface area contributed by atoms with Gasteiger partial charge in [-0.25, -0.2) is 0 Å². The number of carbonyl (C=O) groups excluding carboxylic acids is 1. The zero-order chi connectivity index (χ0) is 14.2. The Hall–Kier alpha value is -0.590. The number of rotatable bonds is 14. The van der Waals surface area contributed by atoms with E-state index in [-0.39, 0.29) is 0 Å². The van der Waals surface area contributed by atoms with Gasteiger partial charge < -0.3 is 0 Å². The summed E-state index contributed by atoms with van der Waals surface area (Å²) >= 11 is 0. The highest BCUT2D eigenvalue weighted by Crippen LogP contribution is 2.08. The van der Waals surface area contributed by atoms with Crippen molar-refractivity contribution in [3.05, 3.63) is 19.1 Å². The molecule has 0 saturated heterocycles. The van der Waals surface area contributed by atoms with Gasteiger partial charge in [0.2, 0.25) is 0 Å². The molecule has 1 radical (unpaired) electrons. The van der Waals surface area contributed by atoms with Gasteiger partial charge in [-0.05, 0) is 19.3 Å². The molecule has 0 spiro atoms. The van der Waals surface area contributed by atoms with Crippen LogP contribution in [0.15, 0.2) is 12.2 Å². The molecule has 0 heterocycles. The van der Waals surface area contributed by atoms with Gasteiger partial charge in [0.05, 0.1) is 0 Å². The van der Waals surface area contributed by atoms with Crippen LogP contribution in [0.4, 0.5) is 0 Å². The molecule has 0 N–H and O–H groups in total. The Balaban J connectivity index is 3.25. The van der Waals surface area contributed by atoms with Crippen LogP contribution in [0.25, 0.3) is 0 Å². The molecule has 0 aliphatic carbocycles. The molecule has 0 saturated carbocycles. The van der Waals surface area contributed by atoms with Gasteiger partial charge in [-0.3, -0.25) is 4.79 Å². The summed E-state index contributed by atoms with van der Waals surface area (Å²) < 4.78 is 0. The first kappa shape index (κ1) is 18.4. The van der Waals surface area contributed by atoms with Crippen LogP contribution in [0, 0.1) is 6.92 Å². The molecule has 111 valence electrons. The Morgan fingerprint density at radius 3 is 2.32 bits per heavy atom. The summed E-state index contributed by atoms with van der Waals surface area (Å²) in [6.45, 7) is 6.05. The van der Waals surface area contributed by atoms with Crippen LogP contribution in [0.1, 0.15) is 90.4 Å². The molecule has 0 aromatic rings. The molecule has 0 aromatic carbocycles. The number of hydrogen-bond donors (Lipinski definition) is 0. The number of allylic oxidation sites excluding steroid dienone is 2. The van der Waals surface area contributed by atoms with Gasteiger partial charge in [0.1, 0.15) is 5.78 Å². The van der Waals surface area contributed by atoms with Crippen LogP contribution in [-0.2, 0) is 4.79 Å². The maximum Gasteiger partial charge on any atom is 0.136 e. The third kappa shape index (κ3) is 15.4. The van der Waals surface area contributed by atoms with Crippen molar-refractivity contribution >= 4 is 5.78 Å². The van der Waals surface area contributed by atoms with E-state index in [4.69, 9.17) is 0 Å². The SMILES string of the molecule is [CH2]CCCCCCC/C=C\CC(=O)CCCCCC. The van der Waals surface area contributed by atoms with E-state index >= 15 is 0 Å². The van der Waals surface area contributed by atoms with Crippen LogP contribution in [-0.4, -0.2) is 5.78 Å². The van der Waals surface area contributed by atoms with E-state index in [1.165, 1.54) is 51.4 Å². The van der Waals surface area contributed by atoms with Crippen molar-refractivity contribution in [1.29, 1.82) is 0 Å². The Kier molecular flexibility index (Phi) is 15.0. The second-order valence-electron chi connectivity index (χ2n) is 5.43. The highest BCUT2D eigenvalue weighted by Gasteiger charge is 1.98. The molecule has 1 nitrogen and oxygen atoms in total. The van der Waals surface area contributed by atoms with Crippen molar-refractivity contribution in [2.24, 2.45) is 0 Å². The summed E-state index contributed by atoms with van der Waals surface area (Å²) in [7, 11) is 0. The third-order valence-corrected chi connectivity index (χ3v) is 3.44. The fraction of sp³-hybridized carbons (Fsp3) is 0.778. The minimum atomic E-state index is 0.405. The Labute approximate surface area is 120 Å². The number of ketones is 1. The molecule has 0 rings (SSSR count). The van der Waals surface area contributed by atoms with Crippen LogP contribution < -0.4 is 0 Å². The molecule has 0 atom stereocenters. The predicted octanol–water partition coefficient (Wildman–Crippen LogP) is 6.04. The molecule has 0 bridgehead atoms. The molecule has 1 heteroatoms. The van der Waals surface area contributed by atoms with Crippen molar-refractivity contribution in [1.82, 2.24) is 0 Å². The van der Waals surface area contributed by atoms with Crippen molar-refractivity contribution in [3.8, 4) is 0 Å². The minimum Gasteiger partial charge on any atom is -0.299 e. The number of carbonyl (C=O) groups is 1. The summed E-state index contributed by atoms with van der Waals surface area (Å²) in [5, 5.41) is 0. The molecule has 0 fully saturated rings. The van der Waals surface area contributed by atoms with Gasteiger partial charge in [-0.2, -0.15) is 0 Å². The summed E-state index contributed by atoms with van der Waals surface area (Å²) in [4.78, 5) is 11.6. The van der Waals surface area contributed by atoms with E-state index in [1.807, 2.05) is 0 Å². The van der Waals surface area contributed by atoms with Crippen molar-refractivity contribution < 1.29 is 4.79 Å². The van der Waals surface area contributed by atoms with Crippen LogP contribution in [0.3, 0.4) is 0 Å². The van der Waals surface area contributed by atoms with Gasteiger partial charge >= 0.3 is 0 Å². The molecule has 0 aliphatic heterocycles. The Morgan fingerprint density at radius 1 is 0.895 bits per heavy atom. The maximum atomic E-state index is 11.6. The predicted molar refractivity (Wildman–Crippen MR) is 85.2 cm³/mol. The maximum absolute atomic E-state index is 11.6. The molecule has 0 aromatic heterocycles. The van der Waals surface area contributed by atoms with Crippen LogP contribution in [0.2, 0.25) is 0 Å². The Bertz CT molecular complexity index is 218. The lowest BCUT2D eigenvalue weighted by Crippen LogP contribution is -1.95. The Morgan fingerprint density at radius 2 is 1.58 bits per heavy atom. The minimum absolute atomic E-state index is 0.405. The van der Waals surface area contributed by atoms with E-state index in [9.17, 15) is 4.79 Å².